The number of hydrogen-bond donors (Lipinski definition) is 3. The molecule has 0 radical (unpaired) electrons. The zero-order valence-electron chi connectivity index (χ0n) is 33.7. The molecule has 292 valence electrons. The molecule has 5 saturated heterocycles. The van der Waals surface area contributed by atoms with E-state index < -0.39 is 0 Å². The summed E-state index contributed by atoms with van der Waals surface area (Å²) in [5, 5.41) is 10.8. The molecule has 11 heteroatoms. The van der Waals surface area contributed by atoms with Gasteiger partial charge >= 0.3 is 0 Å². The van der Waals surface area contributed by atoms with Crippen molar-refractivity contribution in [2.75, 3.05) is 177 Å². The zero-order valence-corrected chi connectivity index (χ0v) is 33.7. The van der Waals surface area contributed by atoms with Crippen LogP contribution < -0.4 is 16.0 Å². The van der Waals surface area contributed by atoms with E-state index in [1.165, 1.54) is 150 Å². The fourth-order valence-electron chi connectivity index (χ4n) is 9.09. The Morgan fingerprint density at radius 2 is 0.860 bits per heavy atom. The van der Waals surface area contributed by atoms with Gasteiger partial charge in [-0.25, -0.2) is 0 Å². The number of nitrogens with one attached hydrogen (secondary N) is 3. The summed E-state index contributed by atoms with van der Waals surface area (Å²) in [4.78, 5) is 21.8. The quantitative estimate of drug-likeness (QED) is 0.176. The van der Waals surface area contributed by atoms with Gasteiger partial charge in [0.05, 0.1) is 0 Å². The lowest BCUT2D eigenvalue weighted by atomic mass is 9.95. The van der Waals surface area contributed by atoms with Gasteiger partial charge in [-0.15, -0.1) is 0 Å². The molecule has 5 aliphatic rings. The number of nitrogens with zero attached hydrogens (tertiary/aromatic N) is 8. The third-order valence-electron chi connectivity index (χ3n) is 13.3. The third-order valence-corrected chi connectivity index (χ3v) is 13.3. The van der Waals surface area contributed by atoms with Gasteiger partial charge in [0.2, 0.25) is 0 Å². The van der Waals surface area contributed by atoms with Crippen molar-refractivity contribution in [2.24, 2.45) is 5.92 Å². The van der Waals surface area contributed by atoms with Crippen LogP contribution in [-0.4, -0.2) is 233 Å². The van der Waals surface area contributed by atoms with Crippen LogP contribution in [0.15, 0.2) is 0 Å². The highest BCUT2D eigenvalue weighted by Gasteiger charge is 2.33. The highest BCUT2D eigenvalue weighted by Crippen LogP contribution is 2.24. The van der Waals surface area contributed by atoms with Gasteiger partial charge in [-0.2, -0.15) is 0 Å². The van der Waals surface area contributed by atoms with Crippen molar-refractivity contribution >= 4 is 0 Å². The van der Waals surface area contributed by atoms with Crippen LogP contribution in [0.1, 0.15) is 54.4 Å². The molecule has 0 spiro atoms. The molecule has 5 heterocycles. The Bertz CT molecular complexity index is 911. The van der Waals surface area contributed by atoms with Gasteiger partial charge in [-0.3, -0.25) is 29.4 Å². The van der Waals surface area contributed by atoms with Crippen molar-refractivity contribution < 1.29 is 0 Å². The smallest absolute Gasteiger partial charge is 0.0247 e. The van der Waals surface area contributed by atoms with E-state index >= 15 is 0 Å². The largest absolute Gasteiger partial charge is 0.314 e. The van der Waals surface area contributed by atoms with Crippen LogP contribution >= 0.6 is 0 Å². The highest BCUT2D eigenvalue weighted by molar-refractivity contribution is 4.90. The SMILES string of the molecule is CC(C)C(CN1CCNCC1)N1CCN(CCNCCN2CCN(C(C)(C)CCN3CCN(C(C)(C)CCN4CCNCC4)CC3)CC2)CC1. The molecule has 0 aromatic rings. The molecule has 0 aliphatic carbocycles. The van der Waals surface area contributed by atoms with E-state index in [9.17, 15) is 0 Å². The molecule has 0 saturated carbocycles. The molecule has 0 aromatic heterocycles. The minimum absolute atomic E-state index is 0.272. The first-order chi connectivity index (χ1) is 24.1. The van der Waals surface area contributed by atoms with Crippen LogP contribution in [-0.2, 0) is 0 Å². The number of rotatable bonds is 18. The molecule has 0 bridgehead atoms. The fourth-order valence-corrected chi connectivity index (χ4v) is 9.09. The predicted octanol–water partition coefficient (Wildman–Crippen LogP) is 0.601. The molecule has 50 heavy (non-hydrogen) atoms. The molecule has 5 fully saturated rings. The second-order valence-electron chi connectivity index (χ2n) is 17.9. The Labute approximate surface area is 308 Å². The van der Waals surface area contributed by atoms with E-state index in [1.807, 2.05) is 0 Å². The summed E-state index contributed by atoms with van der Waals surface area (Å²) in [6, 6.07) is 0.691. The minimum atomic E-state index is 0.272. The molecule has 11 nitrogen and oxygen atoms in total. The maximum atomic E-state index is 3.78. The molecule has 1 atom stereocenters. The summed E-state index contributed by atoms with van der Waals surface area (Å²) in [7, 11) is 0. The van der Waals surface area contributed by atoms with Crippen LogP contribution in [0.5, 0.6) is 0 Å². The third kappa shape index (κ3) is 12.9. The monoisotopic (exact) mass is 704 g/mol. The first-order valence-corrected chi connectivity index (χ1v) is 21.1. The Morgan fingerprint density at radius 3 is 1.30 bits per heavy atom. The number of hydrogen-bond acceptors (Lipinski definition) is 11. The van der Waals surface area contributed by atoms with Crippen molar-refractivity contribution in [3.63, 3.8) is 0 Å². The first kappa shape index (κ1) is 40.7. The van der Waals surface area contributed by atoms with E-state index in [-0.39, 0.29) is 5.54 Å². The molecule has 0 aromatic carbocycles. The topological polar surface area (TPSA) is 62.0 Å². The molecule has 5 aliphatic heterocycles. The molecular formula is C39H81N11. The summed E-state index contributed by atoms with van der Waals surface area (Å²) < 4.78 is 0. The Balaban J connectivity index is 0.886. The van der Waals surface area contributed by atoms with Crippen molar-refractivity contribution in [1.82, 2.24) is 55.1 Å². The lowest BCUT2D eigenvalue weighted by Crippen LogP contribution is -2.58. The second kappa shape index (κ2) is 20.3. The van der Waals surface area contributed by atoms with E-state index in [1.54, 1.807) is 0 Å². The average molecular weight is 704 g/mol. The summed E-state index contributed by atoms with van der Waals surface area (Å²) in [5.74, 6) is 0.716. The normalized spacial score (nSPS) is 25.5. The zero-order chi connectivity index (χ0) is 35.4. The molecule has 3 N–H and O–H groups in total. The summed E-state index contributed by atoms with van der Waals surface area (Å²) in [5.41, 5.74) is 0.567. The van der Waals surface area contributed by atoms with Crippen molar-refractivity contribution in [2.45, 2.75) is 71.5 Å². The van der Waals surface area contributed by atoms with Gasteiger partial charge < -0.3 is 25.8 Å². The fraction of sp³-hybridized carbons (Fsp3) is 1.00. The van der Waals surface area contributed by atoms with Crippen molar-refractivity contribution in [3.8, 4) is 0 Å². The summed E-state index contributed by atoms with van der Waals surface area (Å²) in [6.07, 6.45) is 2.54. The first-order valence-electron chi connectivity index (χ1n) is 21.1. The molecule has 0 amide bonds. The maximum Gasteiger partial charge on any atom is 0.0247 e. The predicted molar refractivity (Wildman–Crippen MR) is 212 cm³/mol. The molecular weight excluding hydrogens is 623 g/mol. The van der Waals surface area contributed by atoms with Crippen molar-refractivity contribution in [1.29, 1.82) is 0 Å². The molecule has 5 rings (SSSR count). The van der Waals surface area contributed by atoms with E-state index in [2.05, 4.69) is 96.7 Å². The highest BCUT2D eigenvalue weighted by atomic mass is 15.3. The Kier molecular flexibility index (Phi) is 16.5. The molecule has 1 unspecified atom stereocenters. The van der Waals surface area contributed by atoms with Crippen LogP contribution in [0.25, 0.3) is 0 Å². The minimum Gasteiger partial charge on any atom is -0.314 e. The van der Waals surface area contributed by atoms with Gasteiger partial charge in [0.25, 0.3) is 0 Å². The Hall–Kier alpha value is -0.440. The second-order valence-corrected chi connectivity index (χ2v) is 17.9. The van der Waals surface area contributed by atoms with E-state index in [4.69, 9.17) is 0 Å². The van der Waals surface area contributed by atoms with E-state index in [0.29, 0.717) is 17.5 Å². The summed E-state index contributed by atoms with van der Waals surface area (Å²) in [6.45, 7) is 47.1. The average Bonchev–Trinajstić information content (AvgIpc) is 3.13. The maximum absolute atomic E-state index is 3.78. The van der Waals surface area contributed by atoms with Crippen LogP contribution in [0.2, 0.25) is 0 Å². The van der Waals surface area contributed by atoms with Crippen molar-refractivity contribution in [3.05, 3.63) is 0 Å². The van der Waals surface area contributed by atoms with Crippen LogP contribution in [0.4, 0.5) is 0 Å². The van der Waals surface area contributed by atoms with Gasteiger partial charge in [-0.05, 0) is 59.5 Å². The van der Waals surface area contributed by atoms with Gasteiger partial charge in [0.15, 0.2) is 0 Å². The number of piperazine rings is 5. The Morgan fingerprint density at radius 1 is 0.480 bits per heavy atom. The van der Waals surface area contributed by atoms with Gasteiger partial charge in [0, 0.05) is 181 Å². The van der Waals surface area contributed by atoms with Crippen LogP contribution in [0, 0.1) is 5.92 Å². The van der Waals surface area contributed by atoms with Crippen LogP contribution in [0.3, 0.4) is 0 Å². The standard InChI is InChI=1S/C39H81N11/c1-36(2)37(35-47-21-13-42-14-22-47)48-29-23-45(24-30-48)19-11-41-12-20-46-27-33-50(34-28-46)39(5,6)8-16-44-25-31-49(32-26-44)38(3,4)7-15-43-17-9-40-10-18-43/h36-37,40-42H,7-35H2,1-6H3. The summed E-state index contributed by atoms with van der Waals surface area (Å²) >= 11 is 0. The van der Waals surface area contributed by atoms with Gasteiger partial charge in [0.1, 0.15) is 0 Å². The lowest BCUT2D eigenvalue weighted by molar-refractivity contribution is 0.0197. The van der Waals surface area contributed by atoms with Gasteiger partial charge in [-0.1, -0.05) is 13.8 Å². The lowest BCUT2D eigenvalue weighted by Gasteiger charge is -2.47. The van der Waals surface area contributed by atoms with E-state index in [0.717, 1.165) is 39.3 Å².